The Morgan fingerprint density at radius 3 is 2.74 bits per heavy atom. The van der Waals surface area contributed by atoms with Gasteiger partial charge in [0.1, 0.15) is 6.07 Å². The van der Waals surface area contributed by atoms with Crippen LogP contribution in [0.3, 0.4) is 0 Å². The second kappa shape index (κ2) is 9.75. The Labute approximate surface area is 141 Å². The fourth-order valence-electron chi connectivity index (χ4n) is 1.70. The molecule has 0 radical (unpaired) electrons. The zero-order valence-corrected chi connectivity index (χ0v) is 14.2. The Balaban J connectivity index is 2.96. The molecule has 0 saturated carbocycles. The lowest BCUT2D eigenvalue weighted by molar-refractivity contribution is -0.139. The van der Waals surface area contributed by atoms with E-state index in [1.165, 1.54) is 13.0 Å². The molecule has 124 valence electrons. The number of nitrogens with zero attached hydrogens (tertiary/aromatic N) is 1. The van der Waals surface area contributed by atoms with Gasteiger partial charge in [0, 0.05) is 6.08 Å². The second-order valence-electron chi connectivity index (χ2n) is 4.65. The van der Waals surface area contributed by atoms with Crippen molar-refractivity contribution >= 4 is 23.6 Å². The van der Waals surface area contributed by atoms with Gasteiger partial charge in [0.2, 0.25) is 0 Å². The minimum atomic E-state index is -0.792. The van der Waals surface area contributed by atoms with E-state index in [2.05, 4.69) is 0 Å². The van der Waals surface area contributed by atoms with Gasteiger partial charge in [-0.1, -0.05) is 18.5 Å². The van der Waals surface area contributed by atoms with E-state index in [0.717, 1.165) is 6.42 Å². The summed E-state index contributed by atoms with van der Waals surface area (Å²) in [5.41, 5.74) is 0.670. The van der Waals surface area contributed by atoms with Crippen LogP contribution < -0.4 is 9.47 Å². The fourth-order valence-corrected chi connectivity index (χ4v) is 1.97. The molecule has 1 aromatic carbocycles. The number of carbonyl (C=O) groups excluding carboxylic acids is 1. The van der Waals surface area contributed by atoms with Crippen molar-refractivity contribution in [2.24, 2.45) is 0 Å². The summed E-state index contributed by atoms with van der Waals surface area (Å²) in [6.45, 7) is 6.36. The quantitative estimate of drug-likeness (QED) is 0.530. The number of esters is 1. The van der Waals surface area contributed by atoms with Crippen molar-refractivity contribution in [1.82, 2.24) is 0 Å². The maximum absolute atomic E-state index is 11.5. The molecule has 0 unspecified atom stereocenters. The summed E-state index contributed by atoms with van der Waals surface area (Å²) in [5, 5.41) is 9.01. The number of nitriles is 1. The minimum absolute atomic E-state index is 0.405. The first-order chi connectivity index (χ1) is 11.0. The van der Waals surface area contributed by atoms with Gasteiger partial charge in [0.15, 0.2) is 17.6 Å². The largest absolute Gasteiger partial charge is 0.490 e. The van der Waals surface area contributed by atoms with Gasteiger partial charge < -0.3 is 14.2 Å². The molecule has 1 atom stereocenters. The van der Waals surface area contributed by atoms with Crippen LogP contribution in [-0.2, 0) is 9.53 Å². The molecule has 1 aromatic rings. The van der Waals surface area contributed by atoms with E-state index in [4.69, 9.17) is 31.1 Å². The molecule has 0 aliphatic carbocycles. The molecule has 0 heterocycles. The lowest BCUT2D eigenvalue weighted by Gasteiger charge is -2.14. The summed E-state index contributed by atoms with van der Waals surface area (Å²) >= 11 is 6.23. The van der Waals surface area contributed by atoms with E-state index >= 15 is 0 Å². The van der Waals surface area contributed by atoms with Gasteiger partial charge in [0.05, 0.1) is 18.2 Å². The molecule has 5 nitrogen and oxygen atoms in total. The van der Waals surface area contributed by atoms with Crippen LogP contribution in [0.25, 0.3) is 6.08 Å². The lowest BCUT2D eigenvalue weighted by atomic mass is 10.2. The van der Waals surface area contributed by atoms with Gasteiger partial charge in [-0.2, -0.15) is 5.26 Å². The van der Waals surface area contributed by atoms with Crippen molar-refractivity contribution in [1.29, 1.82) is 5.26 Å². The molecule has 0 aromatic heterocycles. The highest BCUT2D eigenvalue weighted by atomic mass is 35.5. The highest BCUT2D eigenvalue weighted by Gasteiger charge is 2.12. The van der Waals surface area contributed by atoms with Crippen molar-refractivity contribution < 1.29 is 19.0 Å². The first-order valence-electron chi connectivity index (χ1n) is 7.39. The topological polar surface area (TPSA) is 68.5 Å². The van der Waals surface area contributed by atoms with E-state index in [1.807, 2.05) is 19.9 Å². The monoisotopic (exact) mass is 337 g/mol. The lowest BCUT2D eigenvalue weighted by Crippen LogP contribution is -2.10. The van der Waals surface area contributed by atoms with E-state index in [9.17, 15) is 4.79 Å². The number of rotatable bonds is 8. The summed E-state index contributed by atoms with van der Waals surface area (Å²) in [5.74, 6) is 0.416. The molecular formula is C17H20ClNO4. The molecule has 0 N–H and O–H groups in total. The Bertz CT molecular complexity index is 607. The second-order valence-corrected chi connectivity index (χ2v) is 5.06. The van der Waals surface area contributed by atoms with E-state index in [0.29, 0.717) is 35.3 Å². The Kier molecular flexibility index (Phi) is 8.00. The first-order valence-corrected chi connectivity index (χ1v) is 7.77. The number of benzene rings is 1. The van der Waals surface area contributed by atoms with Crippen LogP contribution in [0.15, 0.2) is 18.2 Å². The normalized spacial score (nSPS) is 11.8. The molecule has 0 bridgehead atoms. The number of hydrogen-bond donors (Lipinski definition) is 0. The zero-order valence-electron chi connectivity index (χ0n) is 13.5. The fraction of sp³-hybridized carbons (Fsp3) is 0.412. The summed E-state index contributed by atoms with van der Waals surface area (Å²) < 4.78 is 16.0. The van der Waals surface area contributed by atoms with Gasteiger partial charge in [-0.3, -0.25) is 0 Å². The first kappa shape index (κ1) is 18.9. The molecule has 0 spiro atoms. The van der Waals surface area contributed by atoms with Crippen molar-refractivity contribution in [3.8, 4) is 17.6 Å². The number of halogens is 1. The molecule has 0 amide bonds. The Morgan fingerprint density at radius 2 is 2.13 bits per heavy atom. The van der Waals surface area contributed by atoms with Crippen molar-refractivity contribution in [3.63, 3.8) is 0 Å². The minimum Gasteiger partial charge on any atom is -0.490 e. The molecule has 0 saturated heterocycles. The van der Waals surface area contributed by atoms with Gasteiger partial charge in [-0.25, -0.2) is 4.79 Å². The number of carbonyl (C=O) groups is 1. The maximum atomic E-state index is 11.5. The highest BCUT2D eigenvalue weighted by molar-refractivity contribution is 6.32. The van der Waals surface area contributed by atoms with Crippen LogP contribution >= 0.6 is 11.6 Å². The van der Waals surface area contributed by atoms with Gasteiger partial charge in [-0.15, -0.1) is 0 Å². The summed E-state index contributed by atoms with van der Waals surface area (Å²) in [6, 6.07) is 5.23. The molecular weight excluding hydrogens is 318 g/mol. The number of ether oxygens (including phenoxy) is 3. The van der Waals surface area contributed by atoms with Crippen LogP contribution in [0.4, 0.5) is 0 Å². The van der Waals surface area contributed by atoms with Gasteiger partial charge in [-0.05, 0) is 44.0 Å². The smallest absolute Gasteiger partial charge is 0.332 e. The summed E-state index contributed by atoms with van der Waals surface area (Å²) in [7, 11) is 0. The molecule has 0 fully saturated rings. The third-order valence-electron chi connectivity index (χ3n) is 2.67. The predicted molar refractivity (Wildman–Crippen MR) is 88.6 cm³/mol. The van der Waals surface area contributed by atoms with E-state index in [1.54, 1.807) is 18.2 Å². The van der Waals surface area contributed by atoms with Crippen LogP contribution in [0.5, 0.6) is 11.5 Å². The molecule has 0 aliphatic heterocycles. The average Bonchev–Trinajstić information content (AvgIpc) is 2.52. The zero-order chi connectivity index (χ0) is 17.2. The average molecular weight is 338 g/mol. The SMILES string of the molecule is CCCOc1c(Cl)cc(/C=C/C(=O)O[C@H](C)C#N)cc1OCC. The molecule has 6 heteroatoms. The third kappa shape index (κ3) is 6.21. The van der Waals surface area contributed by atoms with Gasteiger partial charge in [0.25, 0.3) is 0 Å². The van der Waals surface area contributed by atoms with Crippen LogP contribution in [0.1, 0.15) is 32.8 Å². The molecule has 1 rings (SSSR count). The molecule has 0 aliphatic rings. The Hall–Kier alpha value is -2.19. The van der Waals surface area contributed by atoms with Crippen LogP contribution in [-0.4, -0.2) is 25.3 Å². The van der Waals surface area contributed by atoms with Crippen molar-refractivity contribution in [3.05, 3.63) is 28.8 Å². The summed E-state index contributed by atoms with van der Waals surface area (Å²) in [4.78, 5) is 11.5. The van der Waals surface area contributed by atoms with E-state index < -0.39 is 12.1 Å². The van der Waals surface area contributed by atoms with Gasteiger partial charge >= 0.3 is 5.97 Å². The van der Waals surface area contributed by atoms with Crippen molar-refractivity contribution in [2.45, 2.75) is 33.3 Å². The molecule has 23 heavy (non-hydrogen) atoms. The van der Waals surface area contributed by atoms with Crippen LogP contribution in [0.2, 0.25) is 5.02 Å². The van der Waals surface area contributed by atoms with Crippen molar-refractivity contribution in [2.75, 3.05) is 13.2 Å². The standard InChI is InChI=1S/C17H20ClNO4/c1-4-8-22-17-14(18)9-13(10-15(17)21-5-2)6-7-16(20)23-12(3)11-19/h6-7,9-10,12H,4-5,8H2,1-3H3/b7-6+/t12-/m1/s1. The van der Waals surface area contributed by atoms with Crippen LogP contribution in [0, 0.1) is 11.3 Å². The maximum Gasteiger partial charge on any atom is 0.332 e. The summed E-state index contributed by atoms with van der Waals surface area (Å²) in [6.07, 6.45) is 2.85. The predicted octanol–water partition coefficient (Wildman–Crippen LogP) is 4.00. The third-order valence-corrected chi connectivity index (χ3v) is 2.95. The van der Waals surface area contributed by atoms with E-state index in [-0.39, 0.29) is 0 Å². The Morgan fingerprint density at radius 1 is 1.39 bits per heavy atom. The number of hydrogen-bond acceptors (Lipinski definition) is 5. The highest BCUT2D eigenvalue weighted by Crippen LogP contribution is 2.37.